The van der Waals surface area contributed by atoms with Crippen LogP contribution in [0.4, 0.5) is 5.69 Å². The molecule has 4 rings (SSSR count). The van der Waals surface area contributed by atoms with Gasteiger partial charge in [-0.05, 0) is 59.9 Å². The van der Waals surface area contributed by atoms with E-state index in [1.54, 1.807) is 23.1 Å². The van der Waals surface area contributed by atoms with Crippen LogP contribution in [0.5, 0.6) is 0 Å². The molecule has 0 aliphatic carbocycles. The van der Waals surface area contributed by atoms with Gasteiger partial charge in [0.1, 0.15) is 0 Å². The Kier molecular flexibility index (Phi) is 5.15. The highest BCUT2D eigenvalue weighted by Crippen LogP contribution is 2.25. The number of furan rings is 1. The SMILES string of the molecule is Cc1ccccc1CS(=O)(=O)Nc1ccc2c(c1)CN(C(=O)c1ccco1)CC2. The normalized spacial score (nSPS) is 13.8. The van der Waals surface area contributed by atoms with Crippen LogP contribution in [0.2, 0.25) is 0 Å². The molecule has 150 valence electrons. The molecule has 2 aromatic carbocycles. The van der Waals surface area contributed by atoms with Crippen molar-refractivity contribution in [2.24, 2.45) is 0 Å². The van der Waals surface area contributed by atoms with Crippen molar-refractivity contribution in [1.82, 2.24) is 4.90 Å². The number of carbonyl (C=O) groups is 1. The quantitative estimate of drug-likeness (QED) is 0.695. The molecule has 3 aromatic rings. The summed E-state index contributed by atoms with van der Waals surface area (Å²) in [6.45, 7) is 2.92. The largest absolute Gasteiger partial charge is 0.459 e. The standard InChI is InChI=1S/C22H22N2O4S/c1-16-5-2-3-6-18(16)15-29(26,27)23-20-9-8-17-10-11-24(14-19(17)13-20)22(25)21-7-4-12-28-21/h2-9,12-13,23H,10-11,14-15H2,1H3. The first-order valence-electron chi connectivity index (χ1n) is 9.41. The molecule has 0 saturated carbocycles. The molecule has 1 aromatic heterocycles. The minimum Gasteiger partial charge on any atom is -0.459 e. The Morgan fingerprint density at radius 2 is 1.93 bits per heavy atom. The molecule has 0 unspecified atom stereocenters. The van der Waals surface area contributed by atoms with E-state index in [-0.39, 0.29) is 11.7 Å². The molecular weight excluding hydrogens is 388 g/mol. The van der Waals surface area contributed by atoms with Gasteiger partial charge in [0.25, 0.3) is 5.91 Å². The molecule has 0 bridgehead atoms. The summed E-state index contributed by atoms with van der Waals surface area (Å²) in [5.41, 5.74) is 4.27. The molecule has 29 heavy (non-hydrogen) atoms. The number of amides is 1. The highest BCUT2D eigenvalue weighted by atomic mass is 32.2. The Hall–Kier alpha value is -3.06. The van der Waals surface area contributed by atoms with Crippen LogP contribution >= 0.6 is 0 Å². The van der Waals surface area contributed by atoms with E-state index in [1.165, 1.54) is 6.26 Å². The topological polar surface area (TPSA) is 79.6 Å². The number of anilines is 1. The summed E-state index contributed by atoms with van der Waals surface area (Å²) in [5, 5.41) is 0. The third-order valence-corrected chi connectivity index (χ3v) is 6.36. The zero-order valence-electron chi connectivity index (χ0n) is 16.1. The Morgan fingerprint density at radius 1 is 1.10 bits per heavy atom. The molecule has 0 atom stereocenters. The molecule has 0 spiro atoms. The van der Waals surface area contributed by atoms with Gasteiger partial charge in [-0.3, -0.25) is 9.52 Å². The van der Waals surface area contributed by atoms with Crippen LogP contribution in [0.1, 0.15) is 32.8 Å². The summed E-state index contributed by atoms with van der Waals surface area (Å²) in [5.74, 6) is 0.0644. The smallest absolute Gasteiger partial charge is 0.289 e. The minimum atomic E-state index is -3.55. The van der Waals surface area contributed by atoms with Gasteiger partial charge in [-0.25, -0.2) is 8.42 Å². The van der Waals surface area contributed by atoms with Gasteiger partial charge < -0.3 is 9.32 Å². The maximum atomic E-state index is 12.6. The number of hydrogen-bond donors (Lipinski definition) is 1. The molecule has 2 heterocycles. The van der Waals surface area contributed by atoms with Gasteiger partial charge >= 0.3 is 0 Å². The van der Waals surface area contributed by atoms with Crippen molar-refractivity contribution in [3.05, 3.63) is 88.9 Å². The fourth-order valence-electron chi connectivity index (χ4n) is 3.54. The van der Waals surface area contributed by atoms with E-state index in [9.17, 15) is 13.2 Å². The molecule has 1 N–H and O–H groups in total. The number of sulfonamides is 1. The number of aryl methyl sites for hydroxylation is 1. The van der Waals surface area contributed by atoms with Crippen LogP contribution in [0.3, 0.4) is 0 Å². The number of nitrogens with zero attached hydrogens (tertiary/aromatic N) is 1. The predicted octanol–water partition coefficient (Wildman–Crippen LogP) is 3.73. The van der Waals surface area contributed by atoms with Crippen molar-refractivity contribution in [3.63, 3.8) is 0 Å². The summed E-state index contributed by atoms with van der Waals surface area (Å²) < 4.78 is 33.1. The van der Waals surface area contributed by atoms with Crippen molar-refractivity contribution in [2.75, 3.05) is 11.3 Å². The summed E-state index contributed by atoms with van der Waals surface area (Å²) in [6.07, 6.45) is 2.20. The molecule has 1 aliphatic rings. The first-order chi connectivity index (χ1) is 13.9. The van der Waals surface area contributed by atoms with Gasteiger partial charge in [-0.15, -0.1) is 0 Å². The fourth-order valence-corrected chi connectivity index (χ4v) is 4.83. The molecule has 1 aliphatic heterocycles. The second-order valence-corrected chi connectivity index (χ2v) is 8.95. The van der Waals surface area contributed by atoms with Crippen molar-refractivity contribution < 1.29 is 17.6 Å². The number of benzene rings is 2. The third-order valence-electron chi connectivity index (χ3n) is 5.12. The molecule has 1 amide bonds. The second kappa shape index (κ2) is 7.75. The van der Waals surface area contributed by atoms with Gasteiger partial charge in [-0.1, -0.05) is 30.3 Å². The van der Waals surface area contributed by atoms with Gasteiger partial charge in [0.15, 0.2) is 5.76 Å². The van der Waals surface area contributed by atoms with Gasteiger partial charge in [0.05, 0.1) is 12.0 Å². The van der Waals surface area contributed by atoms with Gasteiger partial charge in [-0.2, -0.15) is 0 Å². The van der Waals surface area contributed by atoms with Crippen LogP contribution in [0.15, 0.2) is 65.3 Å². The molecule has 7 heteroatoms. The zero-order chi connectivity index (χ0) is 20.4. The zero-order valence-corrected chi connectivity index (χ0v) is 16.9. The third kappa shape index (κ3) is 4.35. The average molecular weight is 410 g/mol. The van der Waals surface area contributed by atoms with Gasteiger partial charge in [0, 0.05) is 18.8 Å². The highest BCUT2D eigenvalue weighted by molar-refractivity contribution is 7.91. The molecule has 0 saturated heterocycles. The molecule has 0 radical (unpaired) electrons. The number of fused-ring (bicyclic) bond motifs is 1. The predicted molar refractivity (Wildman–Crippen MR) is 111 cm³/mol. The summed E-state index contributed by atoms with van der Waals surface area (Å²) in [6, 6.07) is 16.3. The number of hydrogen-bond acceptors (Lipinski definition) is 4. The Bertz CT molecular complexity index is 1140. The lowest BCUT2D eigenvalue weighted by molar-refractivity contribution is 0.0702. The van der Waals surface area contributed by atoms with E-state index in [4.69, 9.17) is 4.42 Å². The summed E-state index contributed by atoms with van der Waals surface area (Å²) in [7, 11) is -3.55. The first kappa shape index (κ1) is 19.3. The van der Waals surface area contributed by atoms with Gasteiger partial charge in [0.2, 0.25) is 10.0 Å². The Morgan fingerprint density at radius 3 is 2.69 bits per heavy atom. The van der Waals surface area contributed by atoms with E-state index in [2.05, 4.69) is 4.72 Å². The summed E-state index contributed by atoms with van der Waals surface area (Å²) in [4.78, 5) is 14.3. The number of nitrogens with one attached hydrogen (secondary N) is 1. The van der Waals surface area contributed by atoms with Crippen molar-refractivity contribution in [3.8, 4) is 0 Å². The second-order valence-electron chi connectivity index (χ2n) is 7.23. The maximum absolute atomic E-state index is 12.6. The van der Waals surface area contributed by atoms with E-state index in [0.29, 0.717) is 24.5 Å². The van der Waals surface area contributed by atoms with E-state index in [1.807, 2.05) is 43.3 Å². The maximum Gasteiger partial charge on any atom is 0.289 e. The first-order valence-corrected chi connectivity index (χ1v) is 11.1. The Balaban J connectivity index is 1.50. The van der Waals surface area contributed by atoms with Crippen molar-refractivity contribution in [1.29, 1.82) is 0 Å². The van der Waals surface area contributed by atoms with Crippen LogP contribution in [-0.4, -0.2) is 25.8 Å². The monoisotopic (exact) mass is 410 g/mol. The van der Waals surface area contributed by atoms with E-state index < -0.39 is 10.0 Å². The molecule has 0 fully saturated rings. The van der Waals surface area contributed by atoms with E-state index in [0.717, 1.165) is 28.7 Å². The van der Waals surface area contributed by atoms with Crippen molar-refractivity contribution >= 4 is 21.6 Å². The lowest BCUT2D eigenvalue weighted by Crippen LogP contribution is -2.35. The fraction of sp³-hybridized carbons (Fsp3) is 0.227. The molecular formula is C22H22N2O4S. The number of rotatable bonds is 5. The molecule has 6 nitrogen and oxygen atoms in total. The van der Waals surface area contributed by atoms with Crippen LogP contribution in [0.25, 0.3) is 0 Å². The lowest BCUT2D eigenvalue weighted by atomic mass is 9.99. The van der Waals surface area contributed by atoms with Crippen molar-refractivity contribution in [2.45, 2.75) is 25.6 Å². The van der Waals surface area contributed by atoms with Crippen LogP contribution in [-0.2, 0) is 28.7 Å². The minimum absolute atomic E-state index is 0.0835. The Labute approximate surface area is 170 Å². The highest BCUT2D eigenvalue weighted by Gasteiger charge is 2.24. The number of carbonyl (C=O) groups excluding carboxylic acids is 1. The average Bonchev–Trinajstić information content (AvgIpc) is 3.23. The lowest BCUT2D eigenvalue weighted by Gasteiger charge is -2.28. The van der Waals surface area contributed by atoms with Crippen LogP contribution < -0.4 is 4.72 Å². The van der Waals surface area contributed by atoms with Crippen LogP contribution in [0, 0.1) is 6.92 Å². The summed E-state index contributed by atoms with van der Waals surface area (Å²) >= 11 is 0. The van der Waals surface area contributed by atoms with E-state index >= 15 is 0 Å².